The molecule has 2 N–H and O–H groups in total. The van der Waals surface area contributed by atoms with E-state index < -0.39 is 0 Å². The van der Waals surface area contributed by atoms with Crippen LogP contribution in [0.4, 0.5) is 0 Å². The second kappa shape index (κ2) is 4.65. The van der Waals surface area contributed by atoms with Gasteiger partial charge in [0.05, 0.1) is 0 Å². The Morgan fingerprint density at radius 3 is 2.59 bits per heavy atom. The number of hydrogen-bond donors (Lipinski definition) is 1. The first-order valence-corrected chi connectivity index (χ1v) is 9.52. The predicted molar refractivity (Wildman–Crippen MR) is 93.1 cm³/mol. The second-order valence-electron chi connectivity index (χ2n) is 9.73. The van der Waals surface area contributed by atoms with Gasteiger partial charge in [0.25, 0.3) is 0 Å². The van der Waals surface area contributed by atoms with Crippen LogP contribution in [0.3, 0.4) is 0 Å². The van der Waals surface area contributed by atoms with E-state index in [0.717, 1.165) is 35.3 Å². The van der Waals surface area contributed by atoms with Crippen molar-refractivity contribution in [2.75, 3.05) is 0 Å². The van der Waals surface area contributed by atoms with Gasteiger partial charge in [0, 0.05) is 5.70 Å². The molecular formula is C21H33N. The maximum atomic E-state index is 6.57. The Balaban J connectivity index is 1.73. The fraction of sp³-hybridized carbons (Fsp3) is 0.810. The Bertz CT molecular complexity index is 540. The molecule has 0 radical (unpaired) electrons. The van der Waals surface area contributed by atoms with Gasteiger partial charge in [0.15, 0.2) is 0 Å². The molecule has 0 aromatic rings. The van der Waals surface area contributed by atoms with Crippen LogP contribution in [0.15, 0.2) is 23.4 Å². The highest BCUT2D eigenvalue weighted by atomic mass is 14.7. The molecular weight excluding hydrogens is 266 g/mol. The van der Waals surface area contributed by atoms with Crippen molar-refractivity contribution in [1.82, 2.24) is 0 Å². The van der Waals surface area contributed by atoms with E-state index in [1.165, 1.54) is 44.1 Å². The third-order valence-corrected chi connectivity index (χ3v) is 8.13. The van der Waals surface area contributed by atoms with E-state index in [2.05, 4.69) is 39.8 Å². The lowest BCUT2D eigenvalue weighted by Gasteiger charge is -2.53. The summed E-state index contributed by atoms with van der Waals surface area (Å²) in [6.45, 7) is 9.80. The molecule has 1 heteroatoms. The Kier molecular flexibility index (Phi) is 3.14. The van der Waals surface area contributed by atoms with Crippen LogP contribution in [0.1, 0.15) is 66.2 Å². The fourth-order valence-electron chi connectivity index (χ4n) is 6.52. The third kappa shape index (κ3) is 1.96. The van der Waals surface area contributed by atoms with Crippen LogP contribution in [0.2, 0.25) is 0 Å². The molecule has 0 saturated heterocycles. The first-order valence-electron chi connectivity index (χ1n) is 9.52. The molecule has 1 nitrogen and oxygen atoms in total. The van der Waals surface area contributed by atoms with Gasteiger partial charge >= 0.3 is 0 Å². The molecule has 22 heavy (non-hydrogen) atoms. The monoisotopic (exact) mass is 299 g/mol. The molecule has 0 aromatic heterocycles. The van der Waals surface area contributed by atoms with Crippen LogP contribution in [0, 0.1) is 40.4 Å². The maximum absolute atomic E-state index is 6.57. The molecule has 122 valence electrons. The van der Waals surface area contributed by atoms with Gasteiger partial charge < -0.3 is 5.73 Å². The molecule has 4 aliphatic rings. The van der Waals surface area contributed by atoms with Crippen LogP contribution in [0.5, 0.6) is 0 Å². The predicted octanol–water partition coefficient (Wildman–Crippen LogP) is 5.28. The maximum Gasteiger partial charge on any atom is 0.0309 e. The normalized spacial score (nSPS) is 49.5. The van der Waals surface area contributed by atoms with Crippen LogP contribution < -0.4 is 5.73 Å². The van der Waals surface area contributed by atoms with Gasteiger partial charge in [-0.2, -0.15) is 0 Å². The summed E-state index contributed by atoms with van der Waals surface area (Å²) in [7, 11) is 0. The summed E-state index contributed by atoms with van der Waals surface area (Å²) in [5.41, 5.74) is 10.1. The van der Waals surface area contributed by atoms with Gasteiger partial charge in [-0.3, -0.25) is 0 Å². The number of rotatable bonds is 0. The lowest BCUT2D eigenvalue weighted by atomic mass is 9.52. The first kappa shape index (κ1) is 14.8. The lowest BCUT2D eigenvalue weighted by Crippen LogP contribution is -2.46. The van der Waals surface area contributed by atoms with E-state index in [1.807, 2.05) is 0 Å². The van der Waals surface area contributed by atoms with Gasteiger partial charge in [-0.1, -0.05) is 39.8 Å². The van der Waals surface area contributed by atoms with Gasteiger partial charge in [0.2, 0.25) is 0 Å². The van der Waals surface area contributed by atoms with Crippen molar-refractivity contribution in [3.63, 3.8) is 0 Å². The van der Waals surface area contributed by atoms with E-state index in [4.69, 9.17) is 5.73 Å². The Morgan fingerprint density at radius 2 is 1.82 bits per heavy atom. The second-order valence-corrected chi connectivity index (χ2v) is 9.73. The Morgan fingerprint density at radius 1 is 1.05 bits per heavy atom. The lowest BCUT2D eigenvalue weighted by molar-refractivity contribution is 0.0137. The van der Waals surface area contributed by atoms with Gasteiger partial charge in [-0.25, -0.2) is 0 Å². The zero-order valence-corrected chi connectivity index (χ0v) is 14.9. The topological polar surface area (TPSA) is 26.0 Å². The summed E-state index contributed by atoms with van der Waals surface area (Å²) in [6.07, 6.45) is 13.4. The van der Waals surface area contributed by atoms with Crippen LogP contribution >= 0.6 is 0 Å². The zero-order valence-electron chi connectivity index (χ0n) is 14.9. The van der Waals surface area contributed by atoms with Crippen molar-refractivity contribution in [3.05, 3.63) is 23.4 Å². The van der Waals surface area contributed by atoms with Crippen molar-refractivity contribution in [2.45, 2.75) is 66.2 Å². The van der Waals surface area contributed by atoms with Gasteiger partial charge in [-0.15, -0.1) is 0 Å². The fourth-order valence-corrected chi connectivity index (χ4v) is 6.52. The molecule has 0 spiro atoms. The number of allylic oxidation sites excluding steroid dienone is 3. The third-order valence-electron chi connectivity index (χ3n) is 8.13. The van der Waals surface area contributed by atoms with Gasteiger partial charge in [0.1, 0.15) is 0 Å². The molecule has 0 bridgehead atoms. The molecule has 4 rings (SSSR count). The van der Waals surface area contributed by atoms with Crippen molar-refractivity contribution >= 4 is 0 Å². The molecule has 0 aliphatic heterocycles. The van der Waals surface area contributed by atoms with Crippen molar-refractivity contribution in [2.24, 2.45) is 46.2 Å². The molecule has 2 fully saturated rings. The number of fused-ring (bicyclic) bond motifs is 5. The minimum absolute atomic E-state index is 0.335. The van der Waals surface area contributed by atoms with E-state index in [9.17, 15) is 0 Å². The standard InChI is InChI=1S/C21H33N/c1-13-5-6-18-16-11-19(22)17-12-20(2,3)9-7-15(17)14(16)8-10-21(13,18)4/h11-16,18H,5-10,22H2,1-4H3. The molecule has 0 aromatic carbocycles. The highest BCUT2D eigenvalue weighted by Gasteiger charge is 2.54. The number of nitrogens with two attached hydrogens (primary N) is 1. The molecule has 2 saturated carbocycles. The Labute approximate surface area is 136 Å². The number of hydrogen-bond acceptors (Lipinski definition) is 1. The van der Waals surface area contributed by atoms with E-state index >= 15 is 0 Å². The minimum atomic E-state index is 0.335. The van der Waals surface area contributed by atoms with E-state index in [-0.39, 0.29) is 0 Å². The smallest absolute Gasteiger partial charge is 0.0309 e. The summed E-state index contributed by atoms with van der Waals surface area (Å²) in [6, 6.07) is 0. The quantitative estimate of drug-likeness (QED) is 0.646. The molecule has 0 heterocycles. The summed E-state index contributed by atoms with van der Waals surface area (Å²) in [5.74, 6) is 4.17. The van der Waals surface area contributed by atoms with E-state index in [1.54, 1.807) is 0 Å². The van der Waals surface area contributed by atoms with Crippen LogP contribution in [-0.4, -0.2) is 0 Å². The Hall–Kier alpha value is -0.720. The molecule has 6 unspecified atom stereocenters. The zero-order chi connectivity index (χ0) is 15.7. The average Bonchev–Trinajstić information content (AvgIpc) is 2.75. The minimum Gasteiger partial charge on any atom is -0.399 e. The molecule has 6 atom stereocenters. The molecule has 0 amide bonds. The SMILES string of the molecule is CC1CCC2C3C=C(N)C4=CC(C)(C)CCC4C3CCC12C. The highest BCUT2D eigenvalue weighted by molar-refractivity contribution is 5.39. The largest absolute Gasteiger partial charge is 0.399 e. The first-order chi connectivity index (χ1) is 10.3. The summed E-state index contributed by atoms with van der Waals surface area (Å²) in [4.78, 5) is 0. The van der Waals surface area contributed by atoms with Crippen LogP contribution in [0.25, 0.3) is 0 Å². The van der Waals surface area contributed by atoms with Gasteiger partial charge in [-0.05, 0) is 84.5 Å². The van der Waals surface area contributed by atoms with Crippen molar-refractivity contribution < 1.29 is 0 Å². The average molecular weight is 300 g/mol. The van der Waals surface area contributed by atoms with Crippen molar-refractivity contribution in [1.29, 1.82) is 0 Å². The van der Waals surface area contributed by atoms with Crippen molar-refractivity contribution in [3.8, 4) is 0 Å². The van der Waals surface area contributed by atoms with E-state index in [0.29, 0.717) is 10.8 Å². The molecule has 4 aliphatic carbocycles. The highest BCUT2D eigenvalue weighted by Crippen LogP contribution is 2.63. The summed E-state index contributed by atoms with van der Waals surface area (Å²) in [5, 5.41) is 0. The summed E-state index contributed by atoms with van der Waals surface area (Å²) >= 11 is 0. The summed E-state index contributed by atoms with van der Waals surface area (Å²) < 4.78 is 0. The van der Waals surface area contributed by atoms with Crippen LogP contribution in [-0.2, 0) is 0 Å².